The van der Waals surface area contributed by atoms with Gasteiger partial charge >= 0.3 is 6.18 Å². The van der Waals surface area contributed by atoms with Crippen LogP contribution in [0.5, 0.6) is 0 Å². The van der Waals surface area contributed by atoms with Gasteiger partial charge < -0.3 is 9.64 Å². The van der Waals surface area contributed by atoms with Gasteiger partial charge in [-0.2, -0.15) is 13.2 Å². The van der Waals surface area contributed by atoms with Crippen LogP contribution in [0.2, 0.25) is 0 Å². The summed E-state index contributed by atoms with van der Waals surface area (Å²) in [4.78, 5) is 12.3. The number of nitrogens with zero attached hydrogens (tertiary/aromatic N) is 1. The number of carbonyl (C=O) groups excluding carboxylic acids is 1. The van der Waals surface area contributed by atoms with Gasteiger partial charge in [0.1, 0.15) is 0 Å². The molecule has 0 amide bonds. The molecule has 0 bridgehead atoms. The number of hydrogen-bond donors (Lipinski definition) is 0. The molecule has 0 heterocycles. The van der Waals surface area contributed by atoms with Crippen LogP contribution in [0, 0.1) is 0 Å². The van der Waals surface area contributed by atoms with Crippen LogP contribution in [0.15, 0.2) is 12.0 Å². The number of allylic oxidation sites excluding steroid dienone is 1. The van der Waals surface area contributed by atoms with Crippen molar-refractivity contribution in [2.75, 3.05) is 19.7 Å². The highest BCUT2D eigenvalue weighted by Gasteiger charge is 2.37. The van der Waals surface area contributed by atoms with Crippen LogP contribution < -0.4 is 0 Å². The zero-order chi connectivity index (χ0) is 12.8. The van der Waals surface area contributed by atoms with E-state index in [-0.39, 0.29) is 12.5 Å². The van der Waals surface area contributed by atoms with Crippen molar-refractivity contribution in [1.29, 1.82) is 0 Å². The van der Waals surface area contributed by atoms with E-state index in [9.17, 15) is 18.0 Å². The summed E-state index contributed by atoms with van der Waals surface area (Å²) in [7, 11) is 0. The van der Waals surface area contributed by atoms with Crippen LogP contribution >= 0.6 is 0 Å². The Bertz CT molecular complexity index is 257. The Morgan fingerprint density at radius 2 is 1.75 bits per heavy atom. The number of ether oxygens (including phenoxy) is 1. The fourth-order valence-corrected chi connectivity index (χ4v) is 1.10. The van der Waals surface area contributed by atoms with Gasteiger partial charge in [0, 0.05) is 13.1 Å². The first-order valence-corrected chi connectivity index (χ1v) is 5.07. The first-order valence-electron chi connectivity index (χ1n) is 5.07. The normalized spacial score (nSPS) is 12.5. The molecule has 0 atom stereocenters. The van der Waals surface area contributed by atoms with Crippen molar-refractivity contribution in [2.24, 2.45) is 0 Å². The number of halogens is 3. The van der Waals surface area contributed by atoms with Crippen molar-refractivity contribution in [2.45, 2.75) is 26.9 Å². The van der Waals surface area contributed by atoms with E-state index in [0.29, 0.717) is 19.2 Å². The van der Waals surface area contributed by atoms with Crippen LogP contribution in [0.3, 0.4) is 0 Å². The lowest BCUT2D eigenvalue weighted by molar-refractivity contribution is -0.165. The van der Waals surface area contributed by atoms with Gasteiger partial charge in [-0.1, -0.05) is 0 Å². The van der Waals surface area contributed by atoms with E-state index in [2.05, 4.69) is 0 Å². The molecule has 3 nitrogen and oxygen atoms in total. The average Bonchev–Trinajstić information content (AvgIpc) is 2.18. The molecule has 0 aromatic heterocycles. The van der Waals surface area contributed by atoms with Gasteiger partial charge in [-0.25, -0.2) is 0 Å². The topological polar surface area (TPSA) is 29.5 Å². The zero-order valence-corrected chi connectivity index (χ0v) is 9.60. The van der Waals surface area contributed by atoms with Gasteiger partial charge in [-0.15, -0.1) is 0 Å². The minimum atomic E-state index is -4.85. The van der Waals surface area contributed by atoms with Gasteiger partial charge in [0.2, 0.25) is 0 Å². The summed E-state index contributed by atoms with van der Waals surface area (Å²) in [6, 6.07) is 0. The Labute approximate surface area is 92.9 Å². The molecule has 0 saturated heterocycles. The van der Waals surface area contributed by atoms with Crippen molar-refractivity contribution in [3.8, 4) is 0 Å². The molecule has 0 aliphatic heterocycles. The minimum absolute atomic E-state index is 0.0326. The van der Waals surface area contributed by atoms with Crippen LogP contribution in [0.4, 0.5) is 13.2 Å². The smallest absolute Gasteiger partial charge is 0.454 e. The molecule has 0 unspecified atom stereocenters. The lowest BCUT2D eigenvalue weighted by Gasteiger charge is -2.23. The maximum atomic E-state index is 12.1. The highest BCUT2D eigenvalue weighted by atomic mass is 19.4. The summed E-state index contributed by atoms with van der Waals surface area (Å²) in [6.07, 6.45) is -4.36. The molecule has 16 heavy (non-hydrogen) atoms. The fraction of sp³-hybridized carbons (Fsp3) is 0.700. The quantitative estimate of drug-likeness (QED) is 0.526. The van der Waals surface area contributed by atoms with Gasteiger partial charge in [0.05, 0.1) is 12.7 Å². The number of carbonyl (C=O) groups is 1. The third-order valence-corrected chi connectivity index (χ3v) is 1.90. The first kappa shape index (κ1) is 14.8. The Morgan fingerprint density at radius 1 is 1.25 bits per heavy atom. The minimum Gasteiger partial charge on any atom is -0.479 e. The van der Waals surface area contributed by atoms with E-state index in [0.717, 1.165) is 0 Å². The number of hydrogen-bond acceptors (Lipinski definition) is 3. The second kappa shape index (κ2) is 6.40. The second-order valence-corrected chi connectivity index (χ2v) is 2.95. The summed E-state index contributed by atoms with van der Waals surface area (Å²) in [5, 5.41) is 0. The Balaban J connectivity index is 4.89. The molecule has 6 heteroatoms. The lowest BCUT2D eigenvalue weighted by Crippen LogP contribution is -2.28. The monoisotopic (exact) mass is 239 g/mol. The molecule has 0 saturated carbocycles. The molecule has 0 aliphatic rings. The van der Waals surface area contributed by atoms with Crippen LogP contribution in [-0.2, 0) is 9.53 Å². The Kier molecular flexibility index (Phi) is 5.92. The average molecular weight is 239 g/mol. The maximum absolute atomic E-state index is 12.1. The van der Waals surface area contributed by atoms with Crippen molar-refractivity contribution < 1.29 is 22.7 Å². The van der Waals surface area contributed by atoms with Crippen LogP contribution in [0.25, 0.3) is 0 Å². The van der Waals surface area contributed by atoms with Crippen molar-refractivity contribution in [1.82, 2.24) is 4.90 Å². The van der Waals surface area contributed by atoms with E-state index in [1.807, 2.05) is 0 Å². The van der Waals surface area contributed by atoms with Crippen LogP contribution in [0.1, 0.15) is 20.8 Å². The van der Waals surface area contributed by atoms with Crippen LogP contribution in [-0.4, -0.2) is 36.6 Å². The molecular formula is C10H16F3NO2. The van der Waals surface area contributed by atoms with Crippen molar-refractivity contribution in [3.05, 3.63) is 12.0 Å². The van der Waals surface area contributed by atoms with E-state index in [4.69, 9.17) is 4.74 Å². The van der Waals surface area contributed by atoms with Gasteiger partial charge in [-0.05, 0) is 20.8 Å². The second-order valence-electron chi connectivity index (χ2n) is 2.95. The summed E-state index contributed by atoms with van der Waals surface area (Å²) in [5.74, 6) is -1.93. The molecule has 0 radical (unpaired) electrons. The van der Waals surface area contributed by atoms with Gasteiger partial charge in [0.15, 0.2) is 5.88 Å². The Morgan fingerprint density at radius 3 is 2.06 bits per heavy atom. The number of rotatable bonds is 6. The molecule has 0 spiro atoms. The molecule has 94 valence electrons. The summed E-state index contributed by atoms with van der Waals surface area (Å²) < 4.78 is 41.2. The zero-order valence-electron chi connectivity index (χ0n) is 9.60. The molecule has 0 rings (SSSR count). The lowest BCUT2D eigenvalue weighted by atomic mass is 10.3. The molecule has 0 aromatic carbocycles. The van der Waals surface area contributed by atoms with E-state index in [1.165, 1.54) is 0 Å². The highest BCUT2D eigenvalue weighted by molar-refractivity contribution is 5.94. The summed E-state index contributed by atoms with van der Waals surface area (Å²) in [5.41, 5.74) is 0. The van der Waals surface area contributed by atoms with E-state index < -0.39 is 12.0 Å². The van der Waals surface area contributed by atoms with E-state index >= 15 is 0 Å². The molecule has 0 fully saturated rings. The molecule has 0 N–H and O–H groups in total. The molecule has 0 aromatic rings. The summed E-state index contributed by atoms with van der Waals surface area (Å²) >= 11 is 0. The fourth-order valence-electron chi connectivity index (χ4n) is 1.10. The predicted molar refractivity (Wildman–Crippen MR) is 53.7 cm³/mol. The largest absolute Gasteiger partial charge is 0.479 e. The van der Waals surface area contributed by atoms with E-state index in [1.54, 1.807) is 25.7 Å². The van der Waals surface area contributed by atoms with Crippen molar-refractivity contribution >= 4 is 5.78 Å². The first-order chi connectivity index (χ1) is 7.36. The Hall–Kier alpha value is -1.20. The van der Waals surface area contributed by atoms with Gasteiger partial charge in [-0.3, -0.25) is 4.79 Å². The third-order valence-electron chi connectivity index (χ3n) is 1.90. The van der Waals surface area contributed by atoms with Gasteiger partial charge in [0.25, 0.3) is 5.78 Å². The standard InChI is InChI=1S/C10H16F3NO2/c1-4-14(5-2)9(16-6-3)7-8(15)10(11,12)13/h7H,4-6H2,1-3H3/b9-7-. The number of alkyl halides is 3. The predicted octanol–water partition coefficient (Wildman–Crippen LogP) is 2.34. The third kappa shape index (κ3) is 4.55. The summed E-state index contributed by atoms with van der Waals surface area (Å²) in [6.45, 7) is 6.37. The number of ketones is 1. The maximum Gasteiger partial charge on any atom is 0.454 e. The highest BCUT2D eigenvalue weighted by Crippen LogP contribution is 2.18. The van der Waals surface area contributed by atoms with Crippen molar-refractivity contribution in [3.63, 3.8) is 0 Å². The molecular weight excluding hydrogens is 223 g/mol. The SMILES string of the molecule is CCO/C(=C\C(=O)C(F)(F)F)N(CC)CC. The molecule has 0 aliphatic carbocycles.